The van der Waals surface area contributed by atoms with Gasteiger partial charge < -0.3 is 0 Å². The maximum absolute atomic E-state index is 13.3. The van der Waals surface area contributed by atoms with Crippen LogP contribution in [0.3, 0.4) is 0 Å². The van der Waals surface area contributed by atoms with Crippen LogP contribution in [0.15, 0.2) is 124 Å². The minimum absolute atomic E-state index is 0.240. The molecule has 0 aliphatic carbocycles. The fraction of sp³-hybridized carbons (Fsp3) is 0.172. The van der Waals surface area contributed by atoms with Crippen molar-refractivity contribution >= 4 is 10.0 Å². The lowest BCUT2D eigenvalue weighted by molar-refractivity contribution is 0.490. The highest BCUT2D eigenvalue weighted by atomic mass is 32.2. The first-order chi connectivity index (χ1) is 16.9. The van der Waals surface area contributed by atoms with Gasteiger partial charge in [0.2, 0.25) is 10.0 Å². The number of fused-ring (bicyclic) bond motifs is 1. The predicted molar refractivity (Wildman–Crippen MR) is 137 cm³/mol. The van der Waals surface area contributed by atoms with E-state index in [9.17, 15) is 8.42 Å². The summed E-state index contributed by atoms with van der Waals surface area (Å²) in [4.78, 5) is 9.77. The monoisotopic (exact) mass is 481 g/mol. The minimum atomic E-state index is -3.73. The van der Waals surface area contributed by atoms with Crippen molar-refractivity contribution in [1.29, 1.82) is 0 Å². The summed E-state index contributed by atoms with van der Waals surface area (Å²) in [6.45, 7) is 1.99. The fourth-order valence-electron chi connectivity index (χ4n) is 4.47. The van der Waals surface area contributed by atoms with E-state index in [1.54, 1.807) is 12.1 Å². The van der Waals surface area contributed by atoms with E-state index in [1.807, 2.05) is 104 Å². The third kappa shape index (κ3) is 5.39. The number of nitrogens with one attached hydrogen (secondary N) is 1. The van der Waals surface area contributed by atoms with Crippen molar-refractivity contribution in [3.05, 3.63) is 137 Å². The van der Waals surface area contributed by atoms with Gasteiger partial charge in [-0.3, -0.25) is 9.98 Å². The van der Waals surface area contributed by atoms with Gasteiger partial charge in [-0.2, -0.15) is 0 Å². The van der Waals surface area contributed by atoms with Crippen molar-refractivity contribution in [1.82, 2.24) is 4.72 Å². The molecule has 1 aliphatic rings. The van der Waals surface area contributed by atoms with Gasteiger partial charge in [-0.1, -0.05) is 84.9 Å². The first kappa shape index (κ1) is 23.1. The zero-order valence-corrected chi connectivity index (χ0v) is 20.3. The summed E-state index contributed by atoms with van der Waals surface area (Å²) in [7, 11) is -3.73. The van der Waals surface area contributed by atoms with Crippen LogP contribution >= 0.6 is 0 Å². The van der Waals surface area contributed by atoms with Crippen LogP contribution in [0.5, 0.6) is 0 Å². The number of para-hydroxylation sites is 2. The van der Waals surface area contributed by atoms with Crippen molar-refractivity contribution in [2.45, 2.75) is 36.4 Å². The molecule has 1 heterocycles. The topological polar surface area (TPSA) is 70.9 Å². The zero-order valence-electron chi connectivity index (χ0n) is 19.5. The molecule has 176 valence electrons. The van der Waals surface area contributed by atoms with Gasteiger partial charge in [-0.05, 0) is 54.3 Å². The van der Waals surface area contributed by atoms with Crippen LogP contribution in [-0.2, 0) is 22.9 Å². The first-order valence-corrected chi connectivity index (χ1v) is 13.1. The molecule has 1 aliphatic heterocycles. The molecule has 0 amide bonds. The molecule has 0 fully saturated rings. The number of hydrogen-bond acceptors (Lipinski definition) is 4. The average Bonchev–Trinajstić information content (AvgIpc) is 3.20. The summed E-state index contributed by atoms with van der Waals surface area (Å²) in [5.74, 6) is 0. The van der Waals surface area contributed by atoms with Gasteiger partial charge in [0.15, 0.2) is 5.66 Å². The second-order valence-electron chi connectivity index (χ2n) is 9.02. The van der Waals surface area contributed by atoms with Gasteiger partial charge in [0.25, 0.3) is 0 Å². The van der Waals surface area contributed by atoms with Crippen molar-refractivity contribution in [2.75, 3.05) is 0 Å². The Morgan fingerprint density at radius 2 is 1.26 bits per heavy atom. The van der Waals surface area contributed by atoms with Gasteiger partial charge in [0.1, 0.15) is 0 Å². The van der Waals surface area contributed by atoms with Crippen molar-refractivity contribution in [2.24, 2.45) is 9.98 Å². The minimum Gasteiger partial charge on any atom is -0.253 e. The molecule has 5 nitrogen and oxygen atoms in total. The Hall–Kier alpha value is -3.61. The smallest absolute Gasteiger partial charge is 0.241 e. The third-order valence-corrected chi connectivity index (χ3v) is 7.65. The van der Waals surface area contributed by atoms with E-state index in [-0.39, 0.29) is 10.9 Å². The molecule has 1 unspecified atom stereocenters. The second kappa shape index (κ2) is 9.56. The Morgan fingerprint density at radius 1 is 0.714 bits per heavy atom. The fourth-order valence-corrected chi connectivity index (χ4v) is 5.69. The van der Waals surface area contributed by atoms with Gasteiger partial charge in [0, 0.05) is 6.42 Å². The van der Waals surface area contributed by atoms with Crippen LogP contribution in [-0.4, -0.2) is 14.1 Å². The molecule has 0 saturated carbocycles. The Bertz CT molecular complexity index is 1500. The highest BCUT2D eigenvalue weighted by molar-refractivity contribution is 7.89. The standard InChI is InChI=1S/C29H27N3O2S/c1-29(30-26-14-8-9-15-27(26)31-29)21-23-16-18-25(19-17-23)35(33,34)32-28(24-12-6-3-7-13-24)20-22-10-4-2-5-11-22/h2-19,28,32H,20-21H2,1H3. The second-order valence-corrected chi connectivity index (χ2v) is 10.7. The first-order valence-electron chi connectivity index (χ1n) is 11.7. The van der Waals surface area contributed by atoms with Crippen LogP contribution in [0.4, 0.5) is 0 Å². The van der Waals surface area contributed by atoms with E-state index in [0.29, 0.717) is 12.8 Å². The molecule has 1 atom stereocenters. The summed E-state index contributed by atoms with van der Waals surface area (Å²) in [5, 5.41) is 1.78. The van der Waals surface area contributed by atoms with Crippen LogP contribution in [0.25, 0.3) is 0 Å². The molecule has 4 aromatic rings. The molecular weight excluding hydrogens is 454 g/mol. The van der Waals surface area contributed by atoms with Gasteiger partial charge >= 0.3 is 0 Å². The average molecular weight is 482 g/mol. The highest BCUT2D eigenvalue weighted by Gasteiger charge is 2.26. The van der Waals surface area contributed by atoms with Crippen molar-refractivity contribution in [3.63, 3.8) is 0 Å². The van der Waals surface area contributed by atoms with E-state index in [1.165, 1.54) is 0 Å². The van der Waals surface area contributed by atoms with Gasteiger partial charge in [0.05, 0.1) is 21.7 Å². The van der Waals surface area contributed by atoms with Crippen LogP contribution in [0.2, 0.25) is 0 Å². The number of rotatable bonds is 8. The molecule has 0 saturated heterocycles. The lowest BCUT2D eigenvalue weighted by Gasteiger charge is -2.20. The molecule has 35 heavy (non-hydrogen) atoms. The summed E-state index contributed by atoms with van der Waals surface area (Å²) < 4.78 is 29.6. The van der Waals surface area contributed by atoms with Gasteiger partial charge in [-0.25, -0.2) is 13.1 Å². The summed E-state index contributed by atoms with van der Waals surface area (Å²) in [5.41, 5.74) is 2.39. The van der Waals surface area contributed by atoms with Crippen molar-refractivity contribution < 1.29 is 8.42 Å². The zero-order chi connectivity index (χ0) is 24.3. The predicted octanol–water partition coefficient (Wildman–Crippen LogP) is 4.16. The molecule has 5 rings (SSSR count). The Kier molecular flexibility index (Phi) is 6.32. The highest BCUT2D eigenvalue weighted by Crippen LogP contribution is 2.24. The Morgan fingerprint density at radius 3 is 1.86 bits per heavy atom. The Balaban J connectivity index is 1.35. The molecule has 0 spiro atoms. The molecule has 6 heteroatoms. The molecule has 1 N–H and O–H groups in total. The summed E-state index contributed by atoms with van der Waals surface area (Å²) in [6, 6.07) is 34.1. The van der Waals surface area contributed by atoms with E-state index in [4.69, 9.17) is 9.98 Å². The number of sulfonamides is 1. The molecular formula is C29H27N3O2S. The molecule has 0 bridgehead atoms. The quantitative estimate of drug-likeness (QED) is 0.411. The van der Waals surface area contributed by atoms with Crippen LogP contribution < -0.4 is 15.4 Å². The maximum atomic E-state index is 13.3. The van der Waals surface area contributed by atoms with Crippen molar-refractivity contribution in [3.8, 4) is 0 Å². The SMILES string of the molecule is CC1(Cc2ccc(S(=O)(=O)NC(Cc3ccccc3)c3ccccc3)cc2)N=c2ccccc2=N1. The molecule has 0 aromatic heterocycles. The summed E-state index contributed by atoms with van der Waals surface area (Å²) in [6.07, 6.45) is 1.15. The molecule has 0 radical (unpaired) electrons. The largest absolute Gasteiger partial charge is 0.253 e. The Labute approximate surface area is 206 Å². The van der Waals surface area contributed by atoms with E-state index < -0.39 is 15.7 Å². The molecule has 4 aromatic carbocycles. The van der Waals surface area contributed by atoms with Crippen LogP contribution in [0, 0.1) is 0 Å². The third-order valence-electron chi connectivity index (χ3n) is 6.16. The van der Waals surface area contributed by atoms with E-state index in [2.05, 4.69) is 4.72 Å². The normalized spacial score (nSPS) is 15.0. The lowest BCUT2D eigenvalue weighted by Crippen LogP contribution is -2.30. The lowest BCUT2D eigenvalue weighted by atomic mass is 10.00. The van der Waals surface area contributed by atoms with Gasteiger partial charge in [-0.15, -0.1) is 0 Å². The number of nitrogens with zero attached hydrogens (tertiary/aromatic N) is 2. The van der Waals surface area contributed by atoms with E-state index >= 15 is 0 Å². The number of hydrogen-bond donors (Lipinski definition) is 1. The van der Waals surface area contributed by atoms with Crippen LogP contribution in [0.1, 0.15) is 29.7 Å². The number of benzene rings is 4. The maximum Gasteiger partial charge on any atom is 0.241 e. The van der Waals surface area contributed by atoms with E-state index in [0.717, 1.165) is 27.4 Å². The summed E-state index contributed by atoms with van der Waals surface area (Å²) >= 11 is 0.